The molecule has 0 aliphatic carbocycles. The molecular formula is C13H10Cl2FNO. The summed E-state index contributed by atoms with van der Waals surface area (Å²) in [7, 11) is 0. The molecule has 0 amide bonds. The first-order chi connectivity index (χ1) is 8.58. The van der Waals surface area contributed by atoms with Gasteiger partial charge in [0.2, 0.25) is 0 Å². The van der Waals surface area contributed by atoms with Crippen LogP contribution < -0.4 is 10.5 Å². The first kappa shape index (κ1) is 13.0. The van der Waals surface area contributed by atoms with Gasteiger partial charge in [0.25, 0.3) is 0 Å². The monoisotopic (exact) mass is 285 g/mol. The van der Waals surface area contributed by atoms with Crippen LogP contribution in [0.25, 0.3) is 0 Å². The number of nitrogen functional groups attached to an aromatic ring is 1. The van der Waals surface area contributed by atoms with E-state index in [1.54, 1.807) is 18.2 Å². The van der Waals surface area contributed by atoms with Crippen LogP contribution in [-0.4, -0.2) is 0 Å². The van der Waals surface area contributed by atoms with E-state index in [1.165, 1.54) is 18.2 Å². The predicted molar refractivity (Wildman–Crippen MR) is 71.6 cm³/mol. The van der Waals surface area contributed by atoms with E-state index in [9.17, 15) is 4.39 Å². The van der Waals surface area contributed by atoms with Crippen molar-refractivity contribution in [1.29, 1.82) is 0 Å². The van der Waals surface area contributed by atoms with E-state index >= 15 is 0 Å². The molecule has 0 aromatic heterocycles. The van der Waals surface area contributed by atoms with Crippen molar-refractivity contribution in [3.63, 3.8) is 0 Å². The summed E-state index contributed by atoms with van der Waals surface area (Å²) < 4.78 is 18.3. The first-order valence-corrected chi connectivity index (χ1v) is 5.94. The minimum Gasteiger partial charge on any atom is -0.487 e. The van der Waals surface area contributed by atoms with Crippen molar-refractivity contribution in [2.75, 3.05) is 5.73 Å². The van der Waals surface area contributed by atoms with Crippen LogP contribution >= 0.6 is 23.2 Å². The summed E-state index contributed by atoms with van der Waals surface area (Å²) in [5.74, 6) is -0.0111. The minimum absolute atomic E-state index is 0.175. The Hall–Kier alpha value is -1.45. The molecule has 5 heteroatoms. The highest BCUT2D eigenvalue weighted by molar-refractivity contribution is 6.35. The smallest absolute Gasteiger partial charge is 0.142 e. The molecule has 2 nitrogen and oxygen atoms in total. The van der Waals surface area contributed by atoms with Gasteiger partial charge in [0.05, 0.1) is 5.69 Å². The number of hydrogen-bond donors (Lipinski definition) is 1. The number of nitrogens with two attached hydrogens (primary N) is 1. The second kappa shape index (κ2) is 5.46. The van der Waals surface area contributed by atoms with E-state index in [1.807, 2.05) is 0 Å². The topological polar surface area (TPSA) is 35.2 Å². The lowest BCUT2D eigenvalue weighted by Crippen LogP contribution is -2.00. The molecule has 94 valence electrons. The van der Waals surface area contributed by atoms with Gasteiger partial charge in [-0.3, -0.25) is 0 Å². The largest absolute Gasteiger partial charge is 0.487 e. The van der Waals surface area contributed by atoms with Crippen molar-refractivity contribution in [2.45, 2.75) is 6.61 Å². The molecule has 2 rings (SSSR count). The average Bonchev–Trinajstić information content (AvgIpc) is 2.31. The molecular weight excluding hydrogens is 276 g/mol. The number of halogens is 3. The van der Waals surface area contributed by atoms with Gasteiger partial charge in [0.1, 0.15) is 18.2 Å². The lowest BCUT2D eigenvalue weighted by atomic mass is 10.2. The summed E-state index contributed by atoms with van der Waals surface area (Å²) in [6, 6.07) is 9.14. The van der Waals surface area contributed by atoms with Crippen LogP contribution in [0.5, 0.6) is 5.75 Å². The Kier molecular flexibility index (Phi) is 3.94. The maximum Gasteiger partial charge on any atom is 0.142 e. The van der Waals surface area contributed by atoms with Crippen molar-refractivity contribution >= 4 is 28.9 Å². The number of rotatable bonds is 3. The lowest BCUT2D eigenvalue weighted by Gasteiger charge is -2.11. The highest BCUT2D eigenvalue weighted by Gasteiger charge is 2.08. The quantitative estimate of drug-likeness (QED) is 0.854. The molecule has 0 heterocycles. The number of hydrogen-bond acceptors (Lipinski definition) is 2. The number of benzene rings is 2. The van der Waals surface area contributed by atoms with Crippen LogP contribution in [0.2, 0.25) is 10.0 Å². The molecule has 18 heavy (non-hydrogen) atoms. The summed E-state index contributed by atoms with van der Waals surface area (Å²) >= 11 is 12.0. The molecule has 0 aliphatic heterocycles. The normalized spacial score (nSPS) is 10.4. The summed E-state index contributed by atoms with van der Waals surface area (Å²) in [4.78, 5) is 0. The van der Waals surface area contributed by atoms with Gasteiger partial charge in [-0.2, -0.15) is 0 Å². The number of ether oxygens (including phenoxy) is 1. The molecule has 2 aromatic rings. The van der Waals surface area contributed by atoms with E-state index in [4.69, 9.17) is 33.7 Å². The summed E-state index contributed by atoms with van der Waals surface area (Å²) in [6.45, 7) is 0.175. The van der Waals surface area contributed by atoms with E-state index in [2.05, 4.69) is 0 Å². The third-order valence-electron chi connectivity index (χ3n) is 2.41. The third kappa shape index (κ3) is 2.86. The Morgan fingerprint density at radius 3 is 2.39 bits per heavy atom. The van der Waals surface area contributed by atoms with E-state index in [0.717, 1.165) is 0 Å². The van der Waals surface area contributed by atoms with Crippen molar-refractivity contribution in [3.8, 4) is 5.75 Å². The molecule has 0 unspecified atom stereocenters. The van der Waals surface area contributed by atoms with Crippen LogP contribution in [-0.2, 0) is 6.61 Å². The Labute approximate surface area is 114 Å². The van der Waals surface area contributed by atoms with Crippen LogP contribution in [0.1, 0.15) is 5.56 Å². The Bertz CT molecular complexity index is 555. The van der Waals surface area contributed by atoms with E-state index in [0.29, 0.717) is 21.4 Å². The molecule has 0 radical (unpaired) electrons. The molecule has 2 N–H and O–H groups in total. The SMILES string of the molecule is Nc1cc(F)ccc1OCc1c(Cl)cccc1Cl. The fourth-order valence-corrected chi connectivity index (χ4v) is 1.98. The molecule has 0 saturated heterocycles. The zero-order valence-corrected chi connectivity index (χ0v) is 10.8. The van der Waals surface area contributed by atoms with E-state index < -0.39 is 5.82 Å². The molecule has 0 saturated carbocycles. The van der Waals surface area contributed by atoms with E-state index in [-0.39, 0.29) is 12.3 Å². The second-order valence-corrected chi connectivity index (χ2v) is 4.49. The fraction of sp³-hybridized carbons (Fsp3) is 0.0769. The van der Waals surface area contributed by atoms with Crippen molar-refractivity contribution in [1.82, 2.24) is 0 Å². The zero-order valence-electron chi connectivity index (χ0n) is 9.29. The molecule has 0 spiro atoms. The van der Waals surface area contributed by atoms with Crippen molar-refractivity contribution in [3.05, 3.63) is 57.8 Å². The van der Waals surface area contributed by atoms with Gasteiger partial charge >= 0.3 is 0 Å². The van der Waals surface area contributed by atoms with Gasteiger partial charge in [-0.15, -0.1) is 0 Å². The fourth-order valence-electron chi connectivity index (χ4n) is 1.47. The maximum absolute atomic E-state index is 12.9. The predicted octanol–water partition coefficient (Wildman–Crippen LogP) is 4.29. The molecule has 0 bridgehead atoms. The highest BCUT2D eigenvalue weighted by Crippen LogP contribution is 2.28. The zero-order chi connectivity index (χ0) is 13.1. The molecule has 2 aromatic carbocycles. The van der Waals surface area contributed by atoms with Crippen LogP contribution in [0.3, 0.4) is 0 Å². The Balaban J connectivity index is 2.16. The van der Waals surface area contributed by atoms with Crippen molar-refractivity contribution in [2.24, 2.45) is 0 Å². The van der Waals surface area contributed by atoms with Crippen LogP contribution in [0, 0.1) is 5.82 Å². The van der Waals surface area contributed by atoms with Crippen LogP contribution in [0.4, 0.5) is 10.1 Å². The average molecular weight is 286 g/mol. The van der Waals surface area contributed by atoms with Gasteiger partial charge in [-0.05, 0) is 24.3 Å². The lowest BCUT2D eigenvalue weighted by molar-refractivity contribution is 0.307. The van der Waals surface area contributed by atoms with Crippen LogP contribution in [0.15, 0.2) is 36.4 Å². The summed E-state index contributed by atoms with van der Waals surface area (Å²) in [5.41, 5.74) is 6.54. The van der Waals surface area contributed by atoms with Gasteiger partial charge in [-0.1, -0.05) is 29.3 Å². The molecule has 0 fully saturated rings. The molecule has 0 atom stereocenters. The first-order valence-electron chi connectivity index (χ1n) is 5.18. The van der Waals surface area contributed by atoms with Crippen molar-refractivity contribution < 1.29 is 9.13 Å². The summed E-state index contributed by atoms with van der Waals surface area (Å²) in [6.07, 6.45) is 0. The maximum atomic E-state index is 12.9. The van der Waals surface area contributed by atoms with Gasteiger partial charge < -0.3 is 10.5 Å². The van der Waals surface area contributed by atoms with Gasteiger partial charge in [-0.25, -0.2) is 4.39 Å². The molecule has 0 aliphatic rings. The highest BCUT2D eigenvalue weighted by atomic mass is 35.5. The third-order valence-corrected chi connectivity index (χ3v) is 3.11. The van der Waals surface area contributed by atoms with Gasteiger partial charge in [0.15, 0.2) is 0 Å². The number of anilines is 1. The summed E-state index contributed by atoms with van der Waals surface area (Å²) in [5, 5.41) is 1.03. The Morgan fingerprint density at radius 2 is 1.78 bits per heavy atom. The minimum atomic E-state index is -0.407. The Morgan fingerprint density at radius 1 is 1.11 bits per heavy atom. The second-order valence-electron chi connectivity index (χ2n) is 3.67. The van der Waals surface area contributed by atoms with Gasteiger partial charge in [0, 0.05) is 21.7 Å². The standard InChI is InChI=1S/C13H10Cl2FNO/c14-10-2-1-3-11(15)9(10)7-18-13-5-4-8(16)6-12(13)17/h1-6H,7,17H2.